The molecule has 2 rings (SSSR count). The summed E-state index contributed by atoms with van der Waals surface area (Å²) in [7, 11) is -1.81. The van der Waals surface area contributed by atoms with Gasteiger partial charge in [-0.25, -0.2) is 8.42 Å². The van der Waals surface area contributed by atoms with E-state index in [1.165, 1.54) is 23.5 Å². The maximum atomic E-state index is 12.0. The number of nitrogens with zero attached hydrogens (tertiary/aromatic N) is 1. The van der Waals surface area contributed by atoms with Crippen molar-refractivity contribution in [3.63, 3.8) is 0 Å². The molecule has 1 heterocycles. The molecule has 0 saturated carbocycles. The molecular formula is C17H19ClN2O4S. The van der Waals surface area contributed by atoms with Crippen molar-refractivity contribution in [1.82, 2.24) is 4.31 Å². The third kappa shape index (κ3) is 5.45. The highest BCUT2D eigenvalue weighted by Gasteiger charge is 2.13. The average molecular weight is 383 g/mol. The molecule has 0 aliphatic carbocycles. The topological polar surface area (TPSA) is 79.6 Å². The summed E-state index contributed by atoms with van der Waals surface area (Å²) < 4.78 is 29.5. The smallest absolute Gasteiger partial charge is 0.248 e. The third-order valence-corrected chi connectivity index (χ3v) is 5.22. The van der Waals surface area contributed by atoms with E-state index in [-0.39, 0.29) is 12.5 Å². The summed E-state index contributed by atoms with van der Waals surface area (Å²) >= 11 is 6.02. The fourth-order valence-corrected chi connectivity index (χ4v) is 2.52. The lowest BCUT2D eigenvalue weighted by atomic mass is 10.2. The van der Waals surface area contributed by atoms with Crippen LogP contribution in [0.4, 0.5) is 5.69 Å². The van der Waals surface area contributed by atoms with Crippen molar-refractivity contribution in [1.29, 1.82) is 0 Å². The highest BCUT2D eigenvalue weighted by molar-refractivity contribution is 7.88. The van der Waals surface area contributed by atoms with E-state index < -0.39 is 10.0 Å². The minimum atomic E-state index is -3.28. The van der Waals surface area contributed by atoms with E-state index in [0.29, 0.717) is 22.2 Å². The zero-order chi connectivity index (χ0) is 18.6. The second-order valence-corrected chi connectivity index (χ2v) is 8.05. The first-order valence-corrected chi connectivity index (χ1v) is 9.63. The summed E-state index contributed by atoms with van der Waals surface area (Å²) in [4.78, 5) is 12.0. The first kappa shape index (κ1) is 19.2. The van der Waals surface area contributed by atoms with Gasteiger partial charge in [-0.1, -0.05) is 17.7 Å². The monoisotopic (exact) mass is 382 g/mol. The molecule has 0 radical (unpaired) electrons. The Kier molecular flexibility index (Phi) is 6.05. The van der Waals surface area contributed by atoms with Crippen LogP contribution in [0.25, 0.3) is 6.08 Å². The van der Waals surface area contributed by atoms with Gasteiger partial charge in [-0.2, -0.15) is 4.31 Å². The van der Waals surface area contributed by atoms with Crippen molar-refractivity contribution in [2.45, 2.75) is 13.5 Å². The second-order valence-electron chi connectivity index (χ2n) is 5.56. The lowest BCUT2D eigenvalue weighted by Gasteiger charge is -2.11. The molecular weight excluding hydrogens is 364 g/mol. The molecule has 8 heteroatoms. The normalized spacial score (nSPS) is 12.0. The summed E-state index contributed by atoms with van der Waals surface area (Å²) in [6.45, 7) is 1.94. The van der Waals surface area contributed by atoms with Gasteiger partial charge in [0.2, 0.25) is 15.9 Å². The van der Waals surface area contributed by atoms with Crippen LogP contribution in [0.1, 0.15) is 17.1 Å². The predicted molar refractivity (Wildman–Crippen MR) is 98.9 cm³/mol. The fraction of sp³-hybridized carbons (Fsp3) is 0.235. The highest BCUT2D eigenvalue weighted by atomic mass is 35.5. The molecule has 25 heavy (non-hydrogen) atoms. The van der Waals surface area contributed by atoms with Gasteiger partial charge in [0.15, 0.2) is 0 Å². The summed E-state index contributed by atoms with van der Waals surface area (Å²) in [6, 6.07) is 8.60. The van der Waals surface area contributed by atoms with Gasteiger partial charge < -0.3 is 9.73 Å². The molecule has 1 aromatic carbocycles. The SMILES string of the molecule is Cc1c(Cl)cccc1NC(=O)/C=C/c1ccc(CN(C)S(C)(=O)=O)o1. The Hall–Kier alpha value is -2.09. The van der Waals surface area contributed by atoms with Crippen LogP contribution < -0.4 is 5.32 Å². The highest BCUT2D eigenvalue weighted by Crippen LogP contribution is 2.23. The van der Waals surface area contributed by atoms with E-state index in [0.717, 1.165) is 11.8 Å². The molecule has 0 bridgehead atoms. The number of hydrogen-bond donors (Lipinski definition) is 1. The molecule has 6 nitrogen and oxygen atoms in total. The maximum Gasteiger partial charge on any atom is 0.248 e. The van der Waals surface area contributed by atoms with E-state index in [9.17, 15) is 13.2 Å². The number of anilines is 1. The molecule has 0 unspecified atom stereocenters. The number of sulfonamides is 1. The zero-order valence-corrected chi connectivity index (χ0v) is 15.7. The standard InChI is InChI=1S/C17H19ClN2O4S/c1-12-15(18)5-4-6-16(12)19-17(21)10-9-13-7-8-14(24-13)11-20(2)25(3,22)23/h4-10H,11H2,1-3H3,(H,19,21)/b10-9+. The van der Waals surface area contributed by atoms with Crippen LogP contribution in [0.5, 0.6) is 0 Å². The third-order valence-electron chi connectivity index (χ3n) is 3.55. The quantitative estimate of drug-likeness (QED) is 0.777. The van der Waals surface area contributed by atoms with Crippen LogP contribution in [-0.4, -0.2) is 31.9 Å². The first-order valence-electron chi connectivity index (χ1n) is 7.41. The van der Waals surface area contributed by atoms with Crippen molar-refractivity contribution in [2.75, 3.05) is 18.6 Å². The van der Waals surface area contributed by atoms with Gasteiger partial charge in [0.05, 0.1) is 12.8 Å². The second kappa shape index (κ2) is 7.86. The van der Waals surface area contributed by atoms with E-state index in [4.69, 9.17) is 16.0 Å². The summed E-state index contributed by atoms with van der Waals surface area (Å²) in [5, 5.41) is 3.32. The van der Waals surface area contributed by atoms with Crippen LogP contribution in [0.3, 0.4) is 0 Å². The van der Waals surface area contributed by atoms with Crippen LogP contribution in [-0.2, 0) is 21.4 Å². The van der Waals surface area contributed by atoms with E-state index in [1.807, 2.05) is 6.92 Å². The average Bonchev–Trinajstić information content (AvgIpc) is 2.96. The molecule has 1 aromatic heterocycles. The Morgan fingerprint density at radius 1 is 1.32 bits per heavy atom. The number of amides is 1. The summed E-state index contributed by atoms with van der Waals surface area (Å²) in [5.74, 6) is 0.616. The van der Waals surface area contributed by atoms with E-state index in [2.05, 4.69) is 5.32 Å². The largest absolute Gasteiger partial charge is 0.460 e. The first-order chi connectivity index (χ1) is 11.7. The molecule has 0 spiro atoms. The summed E-state index contributed by atoms with van der Waals surface area (Å²) in [5.41, 5.74) is 1.42. The summed E-state index contributed by atoms with van der Waals surface area (Å²) in [6.07, 6.45) is 3.97. The maximum absolute atomic E-state index is 12.0. The number of halogens is 1. The van der Waals surface area contributed by atoms with Crippen LogP contribution >= 0.6 is 11.6 Å². The van der Waals surface area contributed by atoms with Gasteiger partial charge >= 0.3 is 0 Å². The number of furan rings is 1. The molecule has 1 N–H and O–H groups in total. The molecule has 0 aliphatic heterocycles. The Morgan fingerprint density at radius 3 is 2.72 bits per heavy atom. The number of benzene rings is 1. The minimum absolute atomic E-state index is 0.126. The number of carbonyl (C=O) groups excluding carboxylic acids is 1. The molecule has 0 aliphatic rings. The van der Waals surface area contributed by atoms with Gasteiger partial charge in [0, 0.05) is 23.8 Å². The fourth-order valence-electron chi connectivity index (χ4n) is 1.98. The molecule has 0 atom stereocenters. The van der Waals surface area contributed by atoms with E-state index in [1.54, 1.807) is 30.3 Å². The molecule has 134 valence electrons. The molecule has 1 amide bonds. The van der Waals surface area contributed by atoms with E-state index >= 15 is 0 Å². The lowest BCUT2D eigenvalue weighted by Crippen LogP contribution is -2.24. The van der Waals surface area contributed by atoms with Crippen molar-refractivity contribution in [3.8, 4) is 0 Å². The molecule has 0 fully saturated rings. The van der Waals surface area contributed by atoms with Gasteiger partial charge in [-0.05, 0) is 42.8 Å². The van der Waals surface area contributed by atoms with Crippen molar-refractivity contribution < 1.29 is 17.6 Å². The Balaban J connectivity index is 2.00. The van der Waals surface area contributed by atoms with Crippen molar-refractivity contribution >= 4 is 39.3 Å². The van der Waals surface area contributed by atoms with Gasteiger partial charge in [-0.15, -0.1) is 0 Å². The molecule has 0 saturated heterocycles. The Bertz CT molecular complexity index is 903. The zero-order valence-electron chi connectivity index (χ0n) is 14.1. The predicted octanol–water partition coefficient (Wildman–Crippen LogP) is 3.28. The lowest BCUT2D eigenvalue weighted by molar-refractivity contribution is -0.111. The Labute approximate surface area is 152 Å². The van der Waals surface area contributed by atoms with Gasteiger partial charge in [0.1, 0.15) is 11.5 Å². The van der Waals surface area contributed by atoms with Crippen molar-refractivity contribution in [2.24, 2.45) is 0 Å². The molecule has 2 aromatic rings. The number of rotatable bonds is 6. The van der Waals surface area contributed by atoms with Crippen LogP contribution in [0, 0.1) is 6.92 Å². The van der Waals surface area contributed by atoms with Gasteiger partial charge in [0.25, 0.3) is 0 Å². The van der Waals surface area contributed by atoms with Crippen LogP contribution in [0.15, 0.2) is 40.8 Å². The Morgan fingerprint density at radius 2 is 2.04 bits per heavy atom. The number of hydrogen-bond acceptors (Lipinski definition) is 4. The van der Waals surface area contributed by atoms with Crippen molar-refractivity contribution in [3.05, 3.63) is 58.5 Å². The minimum Gasteiger partial charge on any atom is -0.460 e. The number of carbonyl (C=O) groups is 1. The van der Waals surface area contributed by atoms with Gasteiger partial charge in [-0.3, -0.25) is 4.79 Å². The number of nitrogens with one attached hydrogen (secondary N) is 1. The van der Waals surface area contributed by atoms with Crippen LogP contribution in [0.2, 0.25) is 5.02 Å².